The summed E-state index contributed by atoms with van der Waals surface area (Å²) in [5, 5.41) is 0. The molecule has 0 amide bonds. The highest BCUT2D eigenvalue weighted by atomic mass is 16.6. The van der Waals surface area contributed by atoms with Crippen LogP contribution in [0.1, 0.15) is 124 Å². The first-order chi connectivity index (χ1) is 15.5. The third-order valence-corrected chi connectivity index (χ3v) is 5.96. The molecule has 0 saturated heterocycles. The van der Waals surface area contributed by atoms with E-state index in [1.54, 1.807) is 0 Å². The second kappa shape index (κ2) is 22.8. The Morgan fingerprint density at radius 3 is 1.50 bits per heavy atom. The molecule has 0 heterocycles. The van der Waals surface area contributed by atoms with Gasteiger partial charge >= 0.3 is 11.9 Å². The molecule has 32 heavy (non-hydrogen) atoms. The number of hydrogen-bond donors (Lipinski definition) is 0. The van der Waals surface area contributed by atoms with Gasteiger partial charge in [0, 0.05) is 12.2 Å². The summed E-state index contributed by atoms with van der Waals surface area (Å²) in [5.74, 6) is -1.00. The summed E-state index contributed by atoms with van der Waals surface area (Å²) in [6, 6.07) is 0. The SMILES string of the molecule is CCCCCCCCCCCCCCCCCOC(=O)/C=C\C(=O)OC(C)N(CC)CC. The molecule has 0 N–H and O–H groups in total. The Morgan fingerprint density at radius 2 is 1.06 bits per heavy atom. The van der Waals surface area contributed by atoms with Gasteiger partial charge in [-0.25, -0.2) is 9.59 Å². The quantitative estimate of drug-likeness (QED) is 0.0751. The molecule has 0 bridgehead atoms. The molecule has 0 aromatic rings. The monoisotopic (exact) mass is 453 g/mol. The maximum absolute atomic E-state index is 11.8. The third kappa shape index (κ3) is 19.3. The molecule has 0 aromatic heterocycles. The van der Waals surface area contributed by atoms with Crippen molar-refractivity contribution < 1.29 is 19.1 Å². The van der Waals surface area contributed by atoms with Crippen molar-refractivity contribution in [3.05, 3.63) is 12.2 Å². The fourth-order valence-electron chi connectivity index (χ4n) is 3.85. The number of esters is 2. The summed E-state index contributed by atoms with van der Waals surface area (Å²) in [6.45, 7) is 10.1. The summed E-state index contributed by atoms with van der Waals surface area (Å²) in [7, 11) is 0. The summed E-state index contributed by atoms with van der Waals surface area (Å²) in [4.78, 5) is 25.5. The van der Waals surface area contributed by atoms with Gasteiger partial charge in [0.25, 0.3) is 0 Å². The van der Waals surface area contributed by atoms with Gasteiger partial charge in [0.15, 0.2) is 6.23 Å². The first-order valence-electron chi connectivity index (χ1n) is 13.3. The van der Waals surface area contributed by atoms with Crippen molar-refractivity contribution in [1.82, 2.24) is 4.90 Å². The van der Waals surface area contributed by atoms with Gasteiger partial charge in [0.2, 0.25) is 0 Å². The van der Waals surface area contributed by atoms with Crippen LogP contribution in [0, 0.1) is 0 Å². The van der Waals surface area contributed by atoms with Crippen molar-refractivity contribution in [2.45, 2.75) is 130 Å². The normalized spacial score (nSPS) is 12.4. The molecule has 188 valence electrons. The van der Waals surface area contributed by atoms with Crippen LogP contribution in [0.5, 0.6) is 0 Å². The van der Waals surface area contributed by atoms with Gasteiger partial charge in [-0.05, 0) is 26.4 Å². The summed E-state index contributed by atoms with van der Waals surface area (Å²) in [6.07, 6.45) is 21.6. The van der Waals surface area contributed by atoms with E-state index in [9.17, 15) is 9.59 Å². The maximum Gasteiger partial charge on any atom is 0.332 e. The smallest absolute Gasteiger partial charge is 0.332 e. The van der Waals surface area contributed by atoms with Crippen LogP contribution in [0.3, 0.4) is 0 Å². The highest BCUT2D eigenvalue weighted by Gasteiger charge is 2.13. The van der Waals surface area contributed by atoms with Crippen LogP contribution in [0.25, 0.3) is 0 Å². The van der Waals surface area contributed by atoms with Crippen molar-refractivity contribution in [2.75, 3.05) is 19.7 Å². The van der Waals surface area contributed by atoms with Gasteiger partial charge in [-0.15, -0.1) is 0 Å². The largest absolute Gasteiger partial charge is 0.463 e. The van der Waals surface area contributed by atoms with Crippen LogP contribution in [0.4, 0.5) is 0 Å². The lowest BCUT2D eigenvalue weighted by molar-refractivity contribution is -0.151. The van der Waals surface area contributed by atoms with E-state index in [0.29, 0.717) is 6.61 Å². The average molecular weight is 454 g/mol. The predicted molar refractivity (Wildman–Crippen MR) is 134 cm³/mol. The Kier molecular flexibility index (Phi) is 21.9. The number of carbonyl (C=O) groups is 2. The molecule has 0 fully saturated rings. The average Bonchev–Trinajstić information content (AvgIpc) is 2.78. The number of nitrogens with zero attached hydrogens (tertiary/aromatic N) is 1. The van der Waals surface area contributed by atoms with Gasteiger partial charge in [0.05, 0.1) is 6.61 Å². The van der Waals surface area contributed by atoms with Crippen LogP contribution in [-0.4, -0.2) is 42.8 Å². The molecule has 0 aliphatic rings. The highest BCUT2D eigenvalue weighted by Crippen LogP contribution is 2.13. The summed E-state index contributed by atoms with van der Waals surface area (Å²) in [5.41, 5.74) is 0. The van der Waals surface area contributed by atoms with Crippen molar-refractivity contribution in [3.63, 3.8) is 0 Å². The predicted octanol–water partition coefficient (Wildman–Crippen LogP) is 7.19. The molecular weight excluding hydrogens is 402 g/mol. The minimum absolute atomic E-state index is 0.307. The number of rotatable bonds is 22. The van der Waals surface area contributed by atoms with Crippen LogP contribution in [0.15, 0.2) is 12.2 Å². The van der Waals surface area contributed by atoms with Crippen molar-refractivity contribution >= 4 is 11.9 Å². The van der Waals surface area contributed by atoms with E-state index < -0.39 is 11.9 Å². The molecule has 0 aliphatic heterocycles. The molecule has 1 atom stereocenters. The summed E-state index contributed by atoms with van der Waals surface area (Å²) < 4.78 is 10.4. The number of unbranched alkanes of at least 4 members (excludes halogenated alkanes) is 14. The molecule has 0 aromatic carbocycles. The topological polar surface area (TPSA) is 55.8 Å². The first-order valence-corrected chi connectivity index (χ1v) is 13.3. The Bertz CT molecular complexity index is 474. The van der Waals surface area contributed by atoms with Crippen molar-refractivity contribution in [3.8, 4) is 0 Å². The second-order valence-corrected chi connectivity index (χ2v) is 8.71. The molecule has 0 rings (SSSR count). The van der Waals surface area contributed by atoms with E-state index in [0.717, 1.165) is 38.1 Å². The molecule has 0 saturated carbocycles. The molecular formula is C27H51NO4. The Balaban J connectivity index is 3.49. The van der Waals surface area contributed by atoms with Crippen molar-refractivity contribution in [1.29, 1.82) is 0 Å². The van der Waals surface area contributed by atoms with Crippen molar-refractivity contribution in [2.24, 2.45) is 0 Å². The molecule has 0 aliphatic carbocycles. The highest BCUT2D eigenvalue weighted by molar-refractivity contribution is 5.91. The lowest BCUT2D eigenvalue weighted by Gasteiger charge is -2.25. The van der Waals surface area contributed by atoms with E-state index in [2.05, 4.69) is 6.92 Å². The van der Waals surface area contributed by atoms with Gasteiger partial charge in [0.1, 0.15) is 0 Å². The van der Waals surface area contributed by atoms with Crippen LogP contribution >= 0.6 is 0 Å². The fraction of sp³-hybridized carbons (Fsp3) is 0.852. The van der Waals surface area contributed by atoms with E-state index in [1.165, 1.54) is 83.5 Å². The lowest BCUT2D eigenvalue weighted by atomic mass is 10.0. The zero-order valence-corrected chi connectivity index (χ0v) is 21.5. The third-order valence-electron chi connectivity index (χ3n) is 5.96. The Morgan fingerprint density at radius 1 is 0.656 bits per heavy atom. The summed E-state index contributed by atoms with van der Waals surface area (Å²) >= 11 is 0. The Hall–Kier alpha value is -1.36. The van der Waals surface area contributed by atoms with Gasteiger partial charge in [-0.1, -0.05) is 111 Å². The number of carbonyl (C=O) groups excluding carboxylic acids is 2. The van der Waals surface area contributed by atoms with Crippen LogP contribution in [-0.2, 0) is 19.1 Å². The number of hydrogen-bond acceptors (Lipinski definition) is 5. The van der Waals surface area contributed by atoms with Gasteiger partial charge in [-0.3, -0.25) is 4.90 Å². The molecule has 1 unspecified atom stereocenters. The molecule has 0 spiro atoms. The minimum atomic E-state index is -0.520. The van der Waals surface area contributed by atoms with E-state index in [1.807, 2.05) is 25.7 Å². The van der Waals surface area contributed by atoms with Crippen LogP contribution in [0.2, 0.25) is 0 Å². The van der Waals surface area contributed by atoms with Gasteiger partial charge in [-0.2, -0.15) is 0 Å². The first kappa shape index (κ1) is 30.6. The zero-order valence-electron chi connectivity index (χ0n) is 21.5. The fourth-order valence-corrected chi connectivity index (χ4v) is 3.85. The van der Waals surface area contributed by atoms with Crippen LogP contribution < -0.4 is 0 Å². The van der Waals surface area contributed by atoms with E-state index in [-0.39, 0.29) is 6.23 Å². The number of ether oxygens (including phenoxy) is 2. The standard InChI is InChI=1S/C27H51NO4/c1-5-8-9-10-11-12-13-14-15-16-17-18-19-20-21-24-31-26(29)22-23-27(30)32-25(4)28(6-2)7-3/h22-23,25H,5-21,24H2,1-4H3/b23-22-. The van der Waals surface area contributed by atoms with E-state index >= 15 is 0 Å². The second-order valence-electron chi connectivity index (χ2n) is 8.71. The van der Waals surface area contributed by atoms with E-state index in [4.69, 9.17) is 9.47 Å². The minimum Gasteiger partial charge on any atom is -0.463 e. The molecule has 5 nitrogen and oxygen atoms in total. The zero-order chi connectivity index (χ0) is 23.9. The lowest BCUT2D eigenvalue weighted by Crippen LogP contribution is -2.35. The molecule has 0 radical (unpaired) electrons. The molecule has 5 heteroatoms. The van der Waals surface area contributed by atoms with Gasteiger partial charge < -0.3 is 9.47 Å². The Labute approximate surface area is 198 Å². The maximum atomic E-state index is 11.8.